The quantitative estimate of drug-likeness (QED) is 0.289. The molecule has 4 aliphatic carbocycles. The standard InChI is InChI=1S/C22H34NO5P/c1-14(24)18-6-7-19-17-5-4-15-12-16(23-27-13-28-29(25)26)8-10-21(15,2)20(17)9-11-22(18,19)3/h12,17-20,25-26H,4-11,13H2,1-3H3/b23-16+. The van der Waals surface area contributed by atoms with E-state index in [0.717, 1.165) is 37.3 Å². The average molecular weight is 423 g/mol. The number of fused-ring (bicyclic) bond motifs is 5. The second-order valence-electron chi connectivity index (χ2n) is 10.00. The summed E-state index contributed by atoms with van der Waals surface area (Å²) in [4.78, 5) is 34.9. The number of nitrogens with zero attached hydrogens (tertiary/aromatic N) is 1. The number of Topliss-reactive ketones (excluding diaryl/α,β-unsaturated/α-hetero) is 1. The summed E-state index contributed by atoms with van der Waals surface area (Å²) in [5.74, 6) is 2.78. The largest absolute Gasteiger partial charge is 0.366 e. The van der Waals surface area contributed by atoms with Gasteiger partial charge in [-0.15, -0.1) is 0 Å². The predicted octanol–water partition coefficient (Wildman–Crippen LogP) is 4.71. The summed E-state index contributed by atoms with van der Waals surface area (Å²) in [7, 11) is -2.41. The van der Waals surface area contributed by atoms with Crippen molar-refractivity contribution in [1.82, 2.24) is 0 Å². The average Bonchev–Trinajstić information content (AvgIpc) is 3.02. The minimum absolute atomic E-state index is 0.207. The van der Waals surface area contributed by atoms with Crippen molar-refractivity contribution in [2.24, 2.45) is 39.7 Å². The smallest absolute Gasteiger partial charge is 0.330 e. The van der Waals surface area contributed by atoms with Gasteiger partial charge in [0.25, 0.3) is 0 Å². The zero-order valence-corrected chi connectivity index (χ0v) is 18.7. The molecule has 0 bridgehead atoms. The van der Waals surface area contributed by atoms with Gasteiger partial charge in [-0.3, -0.25) is 9.32 Å². The summed E-state index contributed by atoms with van der Waals surface area (Å²) in [5, 5.41) is 4.14. The summed E-state index contributed by atoms with van der Waals surface area (Å²) in [6, 6.07) is 0. The molecular formula is C22H34NO5P. The Morgan fingerprint density at radius 1 is 1.17 bits per heavy atom. The number of hydrogen-bond acceptors (Lipinski definition) is 6. The van der Waals surface area contributed by atoms with E-state index in [4.69, 9.17) is 14.6 Å². The molecule has 0 saturated heterocycles. The molecule has 162 valence electrons. The summed E-state index contributed by atoms with van der Waals surface area (Å²) in [6.45, 7) is 6.40. The van der Waals surface area contributed by atoms with Crippen LogP contribution in [0.25, 0.3) is 0 Å². The zero-order chi connectivity index (χ0) is 20.8. The van der Waals surface area contributed by atoms with Crippen molar-refractivity contribution >= 4 is 20.1 Å². The maximum absolute atomic E-state index is 12.3. The molecule has 6 atom stereocenters. The van der Waals surface area contributed by atoms with Crippen molar-refractivity contribution in [2.75, 3.05) is 6.79 Å². The van der Waals surface area contributed by atoms with E-state index in [1.807, 2.05) is 0 Å². The van der Waals surface area contributed by atoms with Crippen LogP contribution in [0.15, 0.2) is 16.8 Å². The number of ketones is 1. The van der Waals surface area contributed by atoms with Gasteiger partial charge in [-0.05, 0) is 93.0 Å². The van der Waals surface area contributed by atoms with Gasteiger partial charge in [0.1, 0.15) is 5.78 Å². The van der Waals surface area contributed by atoms with Gasteiger partial charge in [-0.2, -0.15) is 0 Å². The second-order valence-corrected chi connectivity index (χ2v) is 10.8. The molecule has 0 aliphatic heterocycles. The van der Waals surface area contributed by atoms with E-state index in [9.17, 15) is 4.79 Å². The maximum atomic E-state index is 12.3. The molecule has 0 aromatic rings. The highest BCUT2D eigenvalue weighted by molar-refractivity contribution is 7.39. The summed E-state index contributed by atoms with van der Waals surface area (Å²) < 4.78 is 4.61. The fraction of sp³-hybridized carbons (Fsp3) is 0.818. The molecule has 0 radical (unpaired) electrons. The fourth-order valence-electron chi connectivity index (χ4n) is 7.49. The second kappa shape index (κ2) is 8.03. The Bertz CT molecular complexity index is 722. The third kappa shape index (κ3) is 3.71. The lowest BCUT2D eigenvalue weighted by Crippen LogP contribution is -2.51. The fourth-order valence-corrected chi connectivity index (χ4v) is 7.63. The van der Waals surface area contributed by atoms with Gasteiger partial charge in [0.15, 0.2) is 0 Å². The van der Waals surface area contributed by atoms with Crippen molar-refractivity contribution in [3.8, 4) is 0 Å². The molecule has 3 saturated carbocycles. The van der Waals surface area contributed by atoms with Crippen molar-refractivity contribution in [1.29, 1.82) is 0 Å². The highest BCUT2D eigenvalue weighted by atomic mass is 31.2. The van der Waals surface area contributed by atoms with Crippen LogP contribution in [0.2, 0.25) is 0 Å². The lowest BCUT2D eigenvalue weighted by atomic mass is 9.46. The Morgan fingerprint density at radius 2 is 1.97 bits per heavy atom. The van der Waals surface area contributed by atoms with Crippen molar-refractivity contribution < 1.29 is 23.9 Å². The molecule has 0 heterocycles. The number of rotatable bonds is 5. The molecule has 0 aromatic carbocycles. The lowest BCUT2D eigenvalue weighted by molar-refractivity contribution is -0.127. The van der Waals surface area contributed by atoms with Crippen LogP contribution in [0.5, 0.6) is 0 Å². The molecular weight excluding hydrogens is 389 g/mol. The minimum atomic E-state index is -2.41. The first-order chi connectivity index (χ1) is 13.8. The van der Waals surface area contributed by atoms with Crippen LogP contribution >= 0.6 is 8.60 Å². The molecule has 6 unspecified atom stereocenters. The summed E-state index contributed by atoms with van der Waals surface area (Å²) in [6.07, 6.45) is 11.2. The molecule has 29 heavy (non-hydrogen) atoms. The minimum Gasteiger partial charge on any atom is -0.366 e. The van der Waals surface area contributed by atoms with Crippen LogP contribution in [0.3, 0.4) is 0 Å². The number of oxime groups is 1. The summed E-state index contributed by atoms with van der Waals surface area (Å²) in [5.41, 5.74) is 2.83. The van der Waals surface area contributed by atoms with Gasteiger partial charge in [0, 0.05) is 5.92 Å². The van der Waals surface area contributed by atoms with Crippen molar-refractivity contribution in [2.45, 2.75) is 72.1 Å². The van der Waals surface area contributed by atoms with Crippen molar-refractivity contribution in [3.05, 3.63) is 11.6 Å². The summed E-state index contributed by atoms with van der Waals surface area (Å²) >= 11 is 0. The number of hydrogen-bond donors (Lipinski definition) is 2. The lowest BCUT2D eigenvalue weighted by Gasteiger charge is -2.58. The van der Waals surface area contributed by atoms with Gasteiger partial charge in [0.2, 0.25) is 6.79 Å². The van der Waals surface area contributed by atoms with E-state index in [2.05, 4.69) is 29.6 Å². The van der Waals surface area contributed by atoms with E-state index < -0.39 is 8.60 Å². The normalized spacial score (nSPS) is 42.8. The van der Waals surface area contributed by atoms with Gasteiger partial charge in [-0.1, -0.05) is 24.6 Å². The van der Waals surface area contributed by atoms with Gasteiger partial charge < -0.3 is 14.6 Å². The molecule has 4 aliphatic rings. The predicted molar refractivity (Wildman–Crippen MR) is 112 cm³/mol. The molecule has 7 heteroatoms. The first-order valence-electron chi connectivity index (χ1n) is 11.0. The van der Waals surface area contributed by atoms with Crippen molar-refractivity contribution in [3.63, 3.8) is 0 Å². The Labute approximate surface area is 174 Å². The van der Waals surface area contributed by atoms with E-state index >= 15 is 0 Å². The number of carbonyl (C=O) groups excluding carboxylic acids is 1. The van der Waals surface area contributed by atoms with Crippen LogP contribution in [-0.2, 0) is 14.2 Å². The maximum Gasteiger partial charge on any atom is 0.330 e. The van der Waals surface area contributed by atoms with Gasteiger partial charge in [-0.25, -0.2) is 0 Å². The number of allylic oxidation sites excluding steroid dienone is 2. The van der Waals surface area contributed by atoms with E-state index in [-0.39, 0.29) is 23.5 Å². The molecule has 6 nitrogen and oxygen atoms in total. The molecule has 0 spiro atoms. The molecule has 4 rings (SSSR count). The van der Waals surface area contributed by atoms with E-state index in [1.165, 1.54) is 31.3 Å². The molecule has 3 fully saturated rings. The van der Waals surface area contributed by atoms with Gasteiger partial charge in [0.05, 0.1) is 5.71 Å². The van der Waals surface area contributed by atoms with Gasteiger partial charge >= 0.3 is 8.60 Å². The molecule has 0 aromatic heterocycles. The Hall–Kier alpha value is -0.810. The Morgan fingerprint density at radius 3 is 2.69 bits per heavy atom. The zero-order valence-electron chi connectivity index (χ0n) is 17.8. The Kier molecular flexibility index (Phi) is 5.93. The van der Waals surface area contributed by atoms with Crippen LogP contribution in [0.4, 0.5) is 0 Å². The third-order valence-corrected chi connectivity index (χ3v) is 9.21. The van der Waals surface area contributed by atoms with Crippen LogP contribution < -0.4 is 0 Å². The van der Waals surface area contributed by atoms with Crippen LogP contribution in [-0.4, -0.2) is 28.1 Å². The monoisotopic (exact) mass is 423 g/mol. The first-order valence-corrected chi connectivity index (χ1v) is 12.1. The highest BCUT2D eigenvalue weighted by Crippen LogP contribution is 2.66. The third-order valence-electron chi connectivity index (χ3n) is 8.87. The SMILES string of the molecule is CC(=O)C1CCC2C3CCC4=C/C(=N/OCOP(O)O)CCC4(C)C3CCC12C. The van der Waals surface area contributed by atoms with E-state index in [1.54, 1.807) is 6.92 Å². The van der Waals surface area contributed by atoms with Crippen LogP contribution in [0.1, 0.15) is 72.1 Å². The first kappa shape index (κ1) is 21.4. The van der Waals surface area contributed by atoms with Crippen LogP contribution in [0, 0.1) is 34.5 Å². The topological polar surface area (TPSA) is 88.4 Å². The molecule has 0 amide bonds. The molecule has 2 N–H and O–H groups in total. The number of carbonyl (C=O) groups is 1. The Balaban J connectivity index is 1.50. The highest BCUT2D eigenvalue weighted by Gasteiger charge is 2.59. The van der Waals surface area contributed by atoms with E-state index in [0.29, 0.717) is 17.6 Å².